The highest BCUT2D eigenvalue weighted by molar-refractivity contribution is 5.75. The number of aliphatic hydroxyl groups is 1. The molecule has 2 aliphatic rings. The van der Waals surface area contributed by atoms with Crippen LogP contribution >= 0.6 is 0 Å². The van der Waals surface area contributed by atoms with Crippen LogP contribution in [-0.2, 0) is 37.0 Å². The molecule has 2 aliphatic heterocycles. The smallest absolute Gasteiger partial charge is 0.303 e. The van der Waals surface area contributed by atoms with Gasteiger partial charge < -0.3 is 29.7 Å². The fourth-order valence-corrected chi connectivity index (χ4v) is 4.75. The molecule has 0 saturated carbocycles. The summed E-state index contributed by atoms with van der Waals surface area (Å²) in [7, 11) is 0. The number of carboxylic acid groups (broad SMARTS) is 1. The number of rotatable bonds is 12. The summed E-state index contributed by atoms with van der Waals surface area (Å²) in [5.41, 5.74) is 3.80. The van der Waals surface area contributed by atoms with E-state index in [4.69, 9.17) is 19.3 Å². The number of carbonyl (C=O) groups is 2. The summed E-state index contributed by atoms with van der Waals surface area (Å²) >= 11 is 0. The first-order chi connectivity index (χ1) is 18.5. The summed E-state index contributed by atoms with van der Waals surface area (Å²) in [6.07, 6.45) is 1.55. The van der Waals surface area contributed by atoms with Crippen LogP contribution in [0.3, 0.4) is 0 Å². The SMILES string of the molecule is O=C(O)CCCCC(=O)NCc1ccc([C@@H]2O[C@H](CN3CCOCC3)C[C@H](c3ccc(CO)cc3)O2)cc1. The molecule has 2 aromatic rings. The summed E-state index contributed by atoms with van der Waals surface area (Å²) in [6.45, 7) is 4.48. The lowest BCUT2D eigenvalue weighted by Gasteiger charge is -2.39. The molecule has 0 aromatic heterocycles. The van der Waals surface area contributed by atoms with Crippen molar-refractivity contribution in [2.45, 2.75) is 63.8 Å². The highest BCUT2D eigenvalue weighted by atomic mass is 16.7. The Morgan fingerprint density at radius 2 is 1.55 bits per heavy atom. The molecule has 1 amide bonds. The van der Waals surface area contributed by atoms with Crippen molar-refractivity contribution in [1.82, 2.24) is 10.2 Å². The number of ether oxygens (including phenoxy) is 3. The van der Waals surface area contributed by atoms with Crippen molar-refractivity contribution < 1.29 is 34.0 Å². The molecule has 2 heterocycles. The van der Waals surface area contributed by atoms with Gasteiger partial charge in [0.15, 0.2) is 6.29 Å². The number of hydrogen-bond acceptors (Lipinski definition) is 7. The average Bonchev–Trinajstić information content (AvgIpc) is 2.95. The first-order valence-electron chi connectivity index (χ1n) is 13.4. The standard InChI is InChI=1S/C29H38N2O7/c32-20-22-7-9-23(10-8-22)26-17-25(19-31-13-15-36-16-14-31)37-29(38-26)24-11-5-21(6-12-24)18-30-27(33)3-1-2-4-28(34)35/h5-12,25-26,29,32H,1-4,13-20H2,(H,30,33)(H,34,35)/t25-,26+,29+/m0/s1. The van der Waals surface area contributed by atoms with Gasteiger partial charge in [-0.05, 0) is 29.5 Å². The van der Waals surface area contributed by atoms with E-state index in [9.17, 15) is 14.7 Å². The fraction of sp³-hybridized carbons (Fsp3) is 0.517. The number of nitrogens with one attached hydrogen (secondary N) is 1. The number of nitrogens with zero attached hydrogens (tertiary/aromatic N) is 1. The van der Waals surface area contributed by atoms with Gasteiger partial charge in [0.2, 0.25) is 5.91 Å². The lowest BCUT2D eigenvalue weighted by atomic mass is 9.99. The molecular formula is C29H38N2O7. The summed E-state index contributed by atoms with van der Waals surface area (Å²) < 4.78 is 18.3. The number of carboxylic acids is 1. The number of unbranched alkanes of at least 4 members (excludes halogenated alkanes) is 1. The van der Waals surface area contributed by atoms with Gasteiger partial charge in [-0.2, -0.15) is 0 Å². The second-order valence-corrected chi connectivity index (χ2v) is 9.88. The third-order valence-corrected chi connectivity index (χ3v) is 6.97. The van der Waals surface area contributed by atoms with E-state index in [0.29, 0.717) is 25.8 Å². The zero-order valence-corrected chi connectivity index (χ0v) is 21.7. The Morgan fingerprint density at radius 3 is 2.24 bits per heavy atom. The van der Waals surface area contributed by atoms with Gasteiger partial charge in [-0.15, -0.1) is 0 Å². The van der Waals surface area contributed by atoms with Gasteiger partial charge in [0.05, 0.1) is 32.0 Å². The van der Waals surface area contributed by atoms with Crippen LogP contribution in [0.2, 0.25) is 0 Å². The van der Waals surface area contributed by atoms with E-state index < -0.39 is 12.3 Å². The molecule has 9 heteroatoms. The van der Waals surface area contributed by atoms with E-state index in [1.54, 1.807) is 0 Å². The van der Waals surface area contributed by atoms with Crippen molar-refractivity contribution in [3.63, 3.8) is 0 Å². The second kappa shape index (κ2) is 14.4. The van der Waals surface area contributed by atoms with E-state index >= 15 is 0 Å². The molecule has 0 radical (unpaired) electrons. The van der Waals surface area contributed by atoms with Crippen LogP contribution in [0.15, 0.2) is 48.5 Å². The minimum atomic E-state index is -0.838. The Labute approximate surface area is 223 Å². The van der Waals surface area contributed by atoms with Crippen molar-refractivity contribution in [3.05, 3.63) is 70.8 Å². The quantitative estimate of drug-likeness (QED) is 0.361. The summed E-state index contributed by atoms with van der Waals surface area (Å²) in [5, 5.41) is 21.0. The zero-order chi connectivity index (χ0) is 26.7. The molecule has 2 aromatic carbocycles. The largest absolute Gasteiger partial charge is 0.481 e. The summed E-state index contributed by atoms with van der Waals surface area (Å²) in [4.78, 5) is 25.0. The third-order valence-electron chi connectivity index (χ3n) is 6.97. The molecule has 2 saturated heterocycles. The van der Waals surface area contributed by atoms with Gasteiger partial charge in [0.1, 0.15) is 0 Å². The van der Waals surface area contributed by atoms with E-state index in [0.717, 1.165) is 61.5 Å². The van der Waals surface area contributed by atoms with Crippen molar-refractivity contribution in [2.75, 3.05) is 32.8 Å². The van der Waals surface area contributed by atoms with E-state index in [1.807, 2.05) is 48.5 Å². The highest BCUT2D eigenvalue weighted by Crippen LogP contribution is 2.38. The number of aliphatic carboxylic acids is 1. The highest BCUT2D eigenvalue weighted by Gasteiger charge is 2.33. The minimum absolute atomic E-state index is 0.00513. The Bertz CT molecular complexity index is 1020. The summed E-state index contributed by atoms with van der Waals surface area (Å²) in [5.74, 6) is -0.922. The molecule has 2 fully saturated rings. The number of morpholine rings is 1. The van der Waals surface area contributed by atoms with Gasteiger partial charge in [0.25, 0.3) is 0 Å². The van der Waals surface area contributed by atoms with Crippen molar-refractivity contribution >= 4 is 11.9 Å². The van der Waals surface area contributed by atoms with Crippen molar-refractivity contribution in [3.8, 4) is 0 Å². The second-order valence-electron chi connectivity index (χ2n) is 9.88. The van der Waals surface area contributed by atoms with Gasteiger partial charge in [-0.1, -0.05) is 48.5 Å². The predicted octanol–water partition coefficient (Wildman–Crippen LogP) is 3.32. The average molecular weight is 527 g/mol. The van der Waals surface area contributed by atoms with Crippen LogP contribution < -0.4 is 5.32 Å². The van der Waals surface area contributed by atoms with Gasteiger partial charge in [-0.3, -0.25) is 14.5 Å². The monoisotopic (exact) mass is 526 g/mol. The Hall–Kier alpha value is -2.82. The maximum absolute atomic E-state index is 12.1. The lowest BCUT2D eigenvalue weighted by molar-refractivity contribution is -0.253. The normalized spacial score (nSPS) is 22.2. The number of carbonyl (C=O) groups excluding carboxylic acids is 1. The third kappa shape index (κ3) is 8.61. The number of amides is 1. The first kappa shape index (κ1) is 28.2. The molecule has 3 atom stereocenters. The lowest BCUT2D eigenvalue weighted by Crippen LogP contribution is -2.44. The van der Waals surface area contributed by atoms with Crippen LogP contribution in [0.25, 0.3) is 0 Å². The maximum Gasteiger partial charge on any atom is 0.303 e. The molecule has 38 heavy (non-hydrogen) atoms. The number of aliphatic hydroxyl groups excluding tert-OH is 1. The Morgan fingerprint density at radius 1 is 0.895 bits per heavy atom. The predicted molar refractivity (Wildman–Crippen MR) is 140 cm³/mol. The molecule has 9 nitrogen and oxygen atoms in total. The zero-order valence-electron chi connectivity index (χ0n) is 21.7. The first-order valence-corrected chi connectivity index (χ1v) is 13.4. The van der Waals surface area contributed by atoms with Crippen LogP contribution in [0.5, 0.6) is 0 Å². The molecule has 0 unspecified atom stereocenters. The van der Waals surface area contributed by atoms with Crippen LogP contribution in [-0.4, -0.2) is 65.9 Å². The van der Waals surface area contributed by atoms with Crippen LogP contribution in [0.4, 0.5) is 0 Å². The minimum Gasteiger partial charge on any atom is -0.481 e. The van der Waals surface area contributed by atoms with Crippen LogP contribution in [0.1, 0.15) is 66.8 Å². The number of hydrogen-bond donors (Lipinski definition) is 3. The molecule has 0 bridgehead atoms. The molecule has 0 aliphatic carbocycles. The van der Waals surface area contributed by atoms with Gasteiger partial charge >= 0.3 is 5.97 Å². The van der Waals surface area contributed by atoms with Crippen molar-refractivity contribution in [1.29, 1.82) is 0 Å². The van der Waals surface area contributed by atoms with E-state index in [-0.39, 0.29) is 31.1 Å². The Balaban J connectivity index is 1.36. The van der Waals surface area contributed by atoms with E-state index in [1.165, 1.54) is 0 Å². The Kier molecular flexibility index (Phi) is 10.7. The molecule has 4 rings (SSSR count). The summed E-state index contributed by atoms with van der Waals surface area (Å²) in [6, 6.07) is 15.7. The fourth-order valence-electron chi connectivity index (χ4n) is 4.75. The van der Waals surface area contributed by atoms with Gasteiger partial charge in [0, 0.05) is 51.0 Å². The topological polar surface area (TPSA) is 118 Å². The molecular weight excluding hydrogens is 488 g/mol. The van der Waals surface area contributed by atoms with Crippen molar-refractivity contribution in [2.24, 2.45) is 0 Å². The number of benzene rings is 2. The van der Waals surface area contributed by atoms with Crippen LogP contribution in [0, 0.1) is 0 Å². The van der Waals surface area contributed by atoms with E-state index in [2.05, 4.69) is 10.2 Å². The molecule has 0 spiro atoms. The maximum atomic E-state index is 12.1. The molecule has 206 valence electrons. The molecule has 3 N–H and O–H groups in total. The van der Waals surface area contributed by atoms with Gasteiger partial charge in [-0.25, -0.2) is 0 Å².